The molecule has 2 fully saturated rings. The number of ketones is 4. The molecule has 2 aromatic rings. The van der Waals surface area contributed by atoms with Gasteiger partial charge in [0.05, 0.1) is 61.5 Å². The van der Waals surface area contributed by atoms with Gasteiger partial charge in [0.15, 0.2) is 11.6 Å². The van der Waals surface area contributed by atoms with Gasteiger partial charge < -0.3 is 39.3 Å². The Bertz CT molecular complexity index is 2570. The normalized spacial score (nSPS) is 18.8. The van der Waals surface area contributed by atoms with Crippen molar-refractivity contribution in [3.05, 3.63) is 65.7 Å². The highest BCUT2D eigenvalue weighted by molar-refractivity contribution is 7.98. The number of carbonyl (C=O) groups excluding carboxylic acids is 9. The molecule has 0 saturated carbocycles. The standard InChI is InChI=1S/C67H104N6O13S/c1-16-44(8)61(56(84-13)37-58(78)72-33-23-26-52(72)64(85-14)46(10)54(75)34-45(9)62(79)48-24-19-17-20-25-48)70(11)66(82)51(41(2)3)36-55(76)60(43(6)7)71(12)67(83)86-38-47-28-30-50(31-29-47)68-40-69-59(42(4)5)63(80)53(74)27-21-18-22-32-73-57(77)35-49(39-87-15)65(73)81/h17,19-20,24-25,28-31,41-46,49,51-52,56,59-62,64,68-69,79H,16,18,21-23,26-27,32-40H2,1-15H3/t44-,45-,46-,49?,51-,52-,56+,59-,60-,61-,62+,64+/m0/s1. The van der Waals surface area contributed by atoms with Crippen LogP contribution in [0.2, 0.25) is 0 Å². The van der Waals surface area contributed by atoms with Crippen molar-refractivity contribution >= 4 is 70.3 Å². The molecular formula is C67H104N6O13S. The predicted molar refractivity (Wildman–Crippen MR) is 339 cm³/mol. The van der Waals surface area contributed by atoms with E-state index in [4.69, 9.17) is 14.2 Å². The number of aliphatic hydroxyl groups is 1. The van der Waals surface area contributed by atoms with Crippen LogP contribution in [0.4, 0.5) is 10.5 Å². The molecule has 2 heterocycles. The summed E-state index contributed by atoms with van der Waals surface area (Å²) in [5.41, 5.74) is 2.15. The van der Waals surface area contributed by atoms with Gasteiger partial charge in [-0.3, -0.25) is 48.6 Å². The topological polar surface area (TPSA) is 239 Å². The molecule has 0 aliphatic carbocycles. The first kappa shape index (κ1) is 73.9. The van der Waals surface area contributed by atoms with Crippen molar-refractivity contribution < 1.29 is 62.5 Å². The molecule has 0 spiro atoms. The molecule has 2 saturated heterocycles. The van der Waals surface area contributed by atoms with E-state index in [1.807, 2.05) is 106 Å². The number of nitrogens with one attached hydrogen (secondary N) is 2. The van der Waals surface area contributed by atoms with E-state index in [-0.39, 0.29) is 122 Å². The zero-order valence-corrected chi connectivity index (χ0v) is 55.5. The van der Waals surface area contributed by atoms with Crippen LogP contribution in [0.3, 0.4) is 0 Å². The van der Waals surface area contributed by atoms with E-state index in [1.165, 1.54) is 24.0 Å². The van der Waals surface area contributed by atoms with E-state index < -0.39 is 65.9 Å². The number of Topliss-reactive ketones (excluding diaryl/α,β-unsaturated/α-hetero) is 4. The van der Waals surface area contributed by atoms with Gasteiger partial charge >= 0.3 is 6.09 Å². The largest absolute Gasteiger partial charge is 0.445 e. The lowest BCUT2D eigenvalue weighted by Gasteiger charge is -2.41. The second-order valence-corrected chi connectivity index (χ2v) is 26.2. The maximum atomic E-state index is 14.8. The van der Waals surface area contributed by atoms with E-state index >= 15 is 0 Å². The minimum atomic E-state index is -0.905. The molecule has 2 aliphatic heterocycles. The Kier molecular flexibility index (Phi) is 30.8. The van der Waals surface area contributed by atoms with E-state index in [0.29, 0.717) is 62.2 Å². The van der Waals surface area contributed by atoms with Crippen LogP contribution < -0.4 is 10.6 Å². The minimum Gasteiger partial charge on any atom is -0.445 e. The molecule has 19 nitrogen and oxygen atoms in total. The lowest BCUT2D eigenvalue weighted by Crippen LogP contribution is -2.54. The SMILES string of the molecule is CC[C@H](C)[C@@H]([C@@H](CC(=O)N1CCC[C@H]1[C@H](OC)[C@@H](C)C(=O)C[C@H](C)[C@@H](O)c1ccccc1)OC)N(C)C(=O)[C@@H](CC(=O)[C@H](C(C)C)N(C)C(=O)OCc1ccc(NCN[C@H](C(=O)C(=O)CCCCCN2C(=O)CC(CSC)C2=O)C(C)C)cc1)C(C)C. The first-order chi connectivity index (χ1) is 41.2. The molecule has 4 rings (SSSR count). The van der Waals surface area contributed by atoms with E-state index in [2.05, 4.69) is 10.6 Å². The number of hydrogen-bond donors (Lipinski definition) is 3. The number of likely N-dealkylation sites (N-methyl/N-ethyl adjacent to an activating group) is 2. The van der Waals surface area contributed by atoms with Gasteiger partial charge in [-0.15, -0.1) is 0 Å². The molecule has 0 bridgehead atoms. The number of amides is 5. The van der Waals surface area contributed by atoms with Crippen molar-refractivity contribution in [1.29, 1.82) is 0 Å². The molecule has 5 amide bonds. The number of benzene rings is 2. The Morgan fingerprint density at radius 2 is 1.45 bits per heavy atom. The van der Waals surface area contributed by atoms with E-state index in [0.717, 1.165) is 12.0 Å². The highest BCUT2D eigenvalue weighted by Gasteiger charge is 2.44. The smallest absolute Gasteiger partial charge is 0.410 e. The van der Waals surface area contributed by atoms with Crippen LogP contribution in [0.5, 0.6) is 0 Å². The van der Waals surface area contributed by atoms with Gasteiger partial charge in [-0.05, 0) is 84.8 Å². The summed E-state index contributed by atoms with van der Waals surface area (Å²) in [5, 5.41) is 17.4. The number of imide groups is 1. The van der Waals surface area contributed by atoms with Gasteiger partial charge in [0.1, 0.15) is 12.4 Å². The van der Waals surface area contributed by atoms with Crippen molar-refractivity contribution in [3.63, 3.8) is 0 Å². The summed E-state index contributed by atoms with van der Waals surface area (Å²) in [6.07, 6.45) is 3.12. The summed E-state index contributed by atoms with van der Waals surface area (Å²) in [5.74, 6) is -4.18. The van der Waals surface area contributed by atoms with Gasteiger partial charge in [0.25, 0.3) is 0 Å². The van der Waals surface area contributed by atoms with Crippen LogP contribution in [0, 0.1) is 47.3 Å². The van der Waals surface area contributed by atoms with E-state index in [1.54, 1.807) is 60.0 Å². The van der Waals surface area contributed by atoms with E-state index in [9.17, 15) is 48.3 Å². The monoisotopic (exact) mass is 1230 g/mol. The summed E-state index contributed by atoms with van der Waals surface area (Å²) in [7, 11) is 6.33. The molecule has 486 valence electrons. The Balaban J connectivity index is 1.31. The summed E-state index contributed by atoms with van der Waals surface area (Å²) >= 11 is 1.54. The number of aliphatic hydroxyl groups excluding tert-OH is 1. The van der Waals surface area contributed by atoms with Crippen LogP contribution >= 0.6 is 11.8 Å². The zero-order chi connectivity index (χ0) is 64.8. The van der Waals surface area contributed by atoms with Crippen LogP contribution in [-0.4, -0.2) is 174 Å². The van der Waals surface area contributed by atoms with Gasteiger partial charge in [0, 0.05) is 90.4 Å². The van der Waals surface area contributed by atoms with Gasteiger partial charge in [-0.2, -0.15) is 11.8 Å². The Morgan fingerprint density at radius 3 is 2.03 bits per heavy atom. The van der Waals surface area contributed by atoms with Crippen LogP contribution in [0.15, 0.2) is 54.6 Å². The first-order valence-electron chi connectivity index (χ1n) is 31.5. The Morgan fingerprint density at radius 1 is 0.782 bits per heavy atom. The maximum Gasteiger partial charge on any atom is 0.410 e. The first-order valence-corrected chi connectivity index (χ1v) is 32.9. The number of likely N-dealkylation sites (tertiary alicyclic amines) is 2. The van der Waals surface area contributed by atoms with Crippen LogP contribution in [0.25, 0.3) is 0 Å². The average molecular weight is 1230 g/mol. The fourth-order valence-electron chi connectivity index (χ4n) is 12.5. The van der Waals surface area contributed by atoms with Gasteiger partial charge in [-0.25, -0.2) is 4.79 Å². The third kappa shape index (κ3) is 20.8. The van der Waals surface area contributed by atoms with Gasteiger partial charge in [-0.1, -0.05) is 125 Å². The molecule has 2 aliphatic rings. The fourth-order valence-corrected chi connectivity index (χ4v) is 13.2. The van der Waals surface area contributed by atoms with Crippen LogP contribution in [-0.2, 0) is 59.2 Å². The highest BCUT2D eigenvalue weighted by Crippen LogP contribution is 2.34. The summed E-state index contributed by atoms with van der Waals surface area (Å²) < 4.78 is 17.9. The number of unbranched alkanes of at least 4 members (excludes halogenated alkanes) is 2. The van der Waals surface area contributed by atoms with Crippen molar-refractivity contribution in [2.24, 2.45) is 47.3 Å². The maximum absolute atomic E-state index is 14.8. The molecule has 12 atom stereocenters. The summed E-state index contributed by atoms with van der Waals surface area (Å²) in [6.45, 7) is 19.8. The number of ether oxygens (including phenoxy) is 3. The van der Waals surface area contributed by atoms with Crippen LogP contribution in [0.1, 0.15) is 157 Å². The summed E-state index contributed by atoms with van der Waals surface area (Å²) in [6, 6.07) is 13.9. The fraction of sp³-hybridized carbons (Fsp3) is 0.687. The predicted octanol–water partition coefficient (Wildman–Crippen LogP) is 9.18. The molecule has 87 heavy (non-hydrogen) atoms. The highest BCUT2D eigenvalue weighted by atomic mass is 32.2. The lowest BCUT2D eigenvalue weighted by atomic mass is 9.83. The number of carbonyl (C=O) groups is 9. The van der Waals surface area contributed by atoms with Crippen molar-refractivity contribution in [2.45, 2.75) is 189 Å². The Labute approximate surface area is 522 Å². The second-order valence-electron chi connectivity index (χ2n) is 25.3. The summed E-state index contributed by atoms with van der Waals surface area (Å²) in [4.78, 5) is 128. The third-order valence-electron chi connectivity index (χ3n) is 17.9. The van der Waals surface area contributed by atoms with Gasteiger partial charge in [0.2, 0.25) is 29.4 Å². The molecule has 0 radical (unpaired) electrons. The van der Waals surface area contributed by atoms with Crippen molar-refractivity contribution in [3.8, 4) is 0 Å². The number of nitrogens with zero attached hydrogens (tertiary/aromatic N) is 4. The van der Waals surface area contributed by atoms with Crippen molar-refractivity contribution in [2.75, 3.05) is 65.4 Å². The van der Waals surface area contributed by atoms with Crippen molar-refractivity contribution in [1.82, 2.24) is 24.9 Å². The molecular weight excluding hydrogens is 1130 g/mol. The number of thioether (sulfide) groups is 1. The number of hydrogen-bond acceptors (Lipinski definition) is 16. The Hall–Kier alpha value is -5.54. The third-order valence-corrected chi connectivity index (χ3v) is 18.6. The zero-order valence-electron chi connectivity index (χ0n) is 54.7. The minimum absolute atomic E-state index is 0.0300. The molecule has 3 N–H and O–H groups in total. The number of anilines is 1. The number of methoxy groups -OCH3 is 2. The quantitative estimate of drug-likeness (QED) is 0.0245. The average Bonchev–Trinajstić information content (AvgIpc) is 2.94. The lowest BCUT2D eigenvalue weighted by molar-refractivity contribution is -0.149. The molecule has 20 heteroatoms. The second kappa shape index (κ2) is 36.2. The molecule has 2 aromatic carbocycles. The molecule has 1 unspecified atom stereocenters. The number of rotatable bonds is 39. The molecule has 0 aromatic heterocycles.